The summed E-state index contributed by atoms with van der Waals surface area (Å²) in [4.78, 5) is 36.3. The summed E-state index contributed by atoms with van der Waals surface area (Å²) in [6, 6.07) is 0. The summed E-state index contributed by atoms with van der Waals surface area (Å²) in [5.41, 5.74) is -1.31. The third kappa shape index (κ3) is 2.61. The number of hydrogen-bond acceptors (Lipinski definition) is 6. The number of ketones is 1. The Morgan fingerprint density at radius 2 is 2.10 bits per heavy atom. The molecule has 0 heterocycles. The Balaban J connectivity index is 1.75. The van der Waals surface area contributed by atoms with E-state index in [2.05, 4.69) is 6.92 Å². The largest absolute Gasteiger partial charge is 0.463 e. The van der Waals surface area contributed by atoms with Crippen LogP contribution in [0.25, 0.3) is 0 Å². The SMILES string of the molecule is CCOC(=O)[C@@]1(OC=O)CC[C@H]2[C@@H]3CCC4=CC(=O)C=C[C@]4(C)[C@H]3[C@@H](O)C[C@@]21C. The number of rotatable bonds is 4. The zero-order chi connectivity index (χ0) is 21.0. The number of aliphatic hydroxyl groups excluding tert-OH is 1. The lowest BCUT2D eigenvalue weighted by Crippen LogP contribution is -2.62. The molecule has 4 aliphatic rings. The third-order valence-electron chi connectivity index (χ3n) is 8.47. The molecule has 0 aromatic heterocycles. The molecule has 0 saturated heterocycles. The van der Waals surface area contributed by atoms with Gasteiger partial charge in [0.15, 0.2) is 5.78 Å². The number of ether oxygens (including phenoxy) is 2. The zero-order valence-electron chi connectivity index (χ0n) is 17.3. The van der Waals surface area contributed by atoms with Crippen molar-refractivity contribution < 1.29 is 29.0 Å². The average molecular weight is 402 g/mol. The molecule has 0 bridgehead atoms. The minimum atomic E-state index is -1.35. The van der Waals surface area contributed by atoms with Gasteiger partial charge in [-0.3, -0.25) is 9.59 Å². The van der Waals surface area contributed by atoms with E-state index >= 15 is 0 Å². The van der Waals surface area contributed by atoms with E-state index in [-0.39, 0.29) is 35.6 Å². The standard InChI is InChI=1S/C23H30O6/c1-4-28-20(27)23(29-13-24)10-8-17-16-6-5-14-11-15(25)7-9-21(14,2)19(16)18(26)12-22(17,23)3/h7,9,11,13,16-19,26H,4-6,8,10,12H2,1-3H3/t16-,17-,18-,19+,21-,22-,23-/m0/s1. The molecule has 4 aliphatic carbocycles. The average Bonchev–Trinajstić information content (AvgIpc) is 2.95. The first-order valence-corrected chi connectivity index (χ1v) is 10.6. The molecule has 0 aromatic carbocycles. The van der Waals surface area contributed by atoms with E-state index in [0.29, 0.717) is 19.3 Å². The van der Waals surface area contributed by atoms with Crippen molar-refractivity contribution in [3.63, 3.8) is 0 Å². The fraction of sp³-hybridized carbons (Fsp3) is 0.696. The highest BCUT2D eigenvalue weighted by molar-refractivity contribution is 6.01. The van der Waals surface area contributed by atoms with Gasteiger partial charge in [0.1, 0.15) is 0 Å². The van der Waals surface area contributed by atoms with Crippen LogP contribution in [0.4, 0.5) is 0 Å². The Kier molecular flexibility index (Phi) is 4.76. The second-order valence-corrected chi connectivity index (χ2v) is 9.51. The molecule has 29 heavy (non-hydrogen) atoms. The predicted octanol–water partition coefficient (Wildman–Crippen LogP) is 2.74. The van der Waals surface area contributed by atoms with Crippen molar-refractivity contribution in [2.24, 2.45) is 28.6 Å². The van der Waals surface area contributed by atoms with Gasteiger partial charge in [-0.05, 0) is 63.0 Å². The Morgan fingerprint density at radius 1 is 1.34 bits per heavy atom. The molecule has 0 unspecified atom stereocenters. The number of carbonyl (C=O) groups is 3. The maximum Gasteiger partial charge on any atom is 0.351 e. The van der Waals surface area contributed by atoms with Crippen LogP contribution in [-0.2, 0) is 23.9 Å². The van der Waals surface area contributed by atoms with E-state index < -0.39 is 23.1 Å². The van der Waals surface area contributed by atoms with E-state index in [9.17, 15) is 19.5 Å². The topological polar surface area (TPSA) is 89.9 Å². The summed E-state index contributed by atoms with van der Waals surface area (Å²) >= 11 is 0. The first-order chi connectivity index (χ1) is 13.7. The molecular formula is C23H30O6. The van der Waals surface area contributed by atoms with Crippen LogP contribution in [0.2, 0.25) is 0 Å². The van der Waals surface area contributed by atoms with Gasteiger partial charge in [-0.2, -0.15) is 0 Å². The van der Waals surface area contributed by atoms with Gasteiger partial charge in [0.05, 0.1) is 12.7 Å². The molecule has 6 heteroatoms. The van der Waals surface area contributed by atoms with Gasteiger partial charge in [-0.25, -0.2) is 4.79 Å². The summed E-state index contributed by atoms with van der Waals surface area (Å²) < 4.78 is 10.8. The van der Waals surface area contributed by atoms with Crippen molar-refractivity contribution in [3.8, 4) is 0 Å². The monoisotopic (exact) mass is 402 g/mol. The molecule has 0 radical (unpaired) electrons. The first-order valence-electron chi connectivity index (χ1n) is 10.6. The summed E-state index contributed by atoms with van der Waals surface area (Å²) in [5, 5.41) is 11.4. The van der Waals surface area contributed by atoms with Crippen LogP contribution in [0, 0.1) is 28.6 Å². The van der Waals surface area contributed by atoms with Crippen LogP contribution >= 0.6 is 0 Å². The van der Waals surface area contributed by atoms with Gasteiger partial charge in [-0.1, -0.05) is 25.5 Å². The Labute approximate surface area is 171 Å². The van der Waals surface area contributed by atoms with Gasteiger partial charge < -0.3 is 14.6 Å². The zero-order valence-corrected chi connectivity index (χ0v) is 17.3. The molecule has 6 nitrogen and oxygen atoms in total. The lowest BCUT2D eigenvalue weighted by Gasteiger charge is -2.59. The summed E-state index contributed by atoms with van der Waals surface area (Å²) in [6.07, 6.45) is 7.79. The van der Waals surface area contributed by atoms with Crippen molar-refractivity contribution in [2.75, 3.05) is 6.61 Å². The number of aliphatic hydroxyl groups is 1. The molecule has 0 aromatic rings. The van der Waals surface area contributed by atoms with Gasteiger partial charge in [0.2, 0.25) is 5.60 Å². The highest BCUT2D eigenvalue weighted by Crippen LogP contribution is 2.67. The predicted molar refractivity (Wildman–Crippen MR) is 105 cm³/mol. The molecule has 4 rings (SSSR count). The number of fused-ring (bicyclic) bond motifs is 5. The minimum Gasteiger partial charge on any atom is -0.463 e. The summed E-state index contributed by atoms with van der Waals surface area (Å²) in [5.74, 6) is -0.222. The fourth-order valence-electron chi connectivity index (χ4n) is 7.22. The minimum absolute atomic E-state index is 0.00707. The molecular weight excluding hydrogens is 372 g/mol. The van der Waals surface area contributed by atoms with Crippen molar-refractivity contribution >= 4 is 18.2 Å². The lowest BCUT2D eigenvalue weighted by atomic mass is 9.46. The highest BCUT2D eigenvalue weighted by atomic mass is 16.6. The third-order valence-corrected chi connectivity index (χ3v) is 8.47. The molecule has 158 valence electrons. The van der Waals surface area contributed by atoms with Crippen LogP contribution < -0.4 is 0 Å². The van der Waals surface area contributed by atoms with Gasteiger partial charge in [0, 0.05) is 16.7 Å². The smallest absolute Gasteiger partial charge is 0.351 e. The molecule has 0 aliphatic heterocycles. The Bertz CT molecular complexity index is 799. The van der Waals surface area contributed by atoms with Gasteiger partial charge in [0.25, 0.3) is 6.47 Å². The van der Waals surface area contributed by atoms with E-state index in [1.54, 1.807) is 19.1 Å². The summed E-state index contributed by atoms with van der Waals surface area (Å²) in [6.45, 7) is 6.38. The number of hydrogen-bond donors (Lipinski definition) is 1. The second kappa shape index (κ2) is 6.79. The van der Waals surface area contributed by atoms with E-state index in [0.717, 1.165) is 24.8 Å². The van der Waals surface area contributed by atoms with Crippen molar-refractivity contribution in [2.45, 2.75) is 64.6 Å². The quantitative estimate of drug-likeness (QED) is 0.574. The van der Waals surface area contributed by atoms with Crippen molar-refractivity contribution in [3.05, 3.63) is 23.8 Å². The van der Waals surface area contributed by atoms with Crippen LogP contribution in [0.15, 0.2) is 23.8 Å². The number of carbonyl (C=O) groups excluding carboxylic acids is 3. The maximum atomic E-state index is 13.0. The molecule has 0 spiro atoms. The molecule has 1 N–H and O–H groups in total. The van der Waals surface area contributed by atoms with E-state index in [1.807, 2.05) is 13.0 Å². The van der Waals surface area contributed by atoms with Crippen molar-refractivity contribution in [1.29, 1.82) is 0 Å². The normalized spacial score (nSPS) is 45.5. The molecule has 3 fully saturated rings. The van der Waals surface area contributed by atoms with Crippen LogP contribution in [0.3, 0.4) is 0 Å². The Hall–Kier alpha value is -1.95. The van der Waals surface area contributed by atoms with Crippen molar-refractivity contribution in [1.82, 2.24) is 0 Å². The number of allylic oxidation sites excluding steroid dienone is 4. The van der Waals surface area contributed by atoms with E-state index in [1.165, 1.54) is 0 Å². The van der Waals surface area contributed by atoms with Crippen LogP contribution in [0.5, 0.6) is 0 Å². The maximum absolute atomic E-state index is 13.0. The second-order valence-electron chi connectivity index (χ2n) is 9.51. The van der Waals surface area contributed by atoms with E-state index in [4.69, 9.17) is 9.47 Å². The van der Waals surface area contributed by atoms with Gasteiger partial charge in [-0.15, -0.1) is 0 Å². The van der Waals surface area contributed by atoms with Crippen LogP contribution in [-0.4, -0.2) is 41.6 Å². The first kappa shape index (κ1) is 20.3. The fourth-order valence-corrected chi connectivity index (χ4v) is 7.22. The van der Waals surface area contributed by atoms with Gasteiger partial charge >= 0.3 is 5.97 Å². The lowest BCUT2D eigenvalue weighted by molar-refractivity contribution is -0.206. The highest BCUT2D eigenvalue weighted by Gasteiger charge is 2.70. The molecule has 0 amide bonds. The number of esters is 1. The summed E-state index contributed by atoms with van der Waals surface area (Å²) in [7, 11) is 0. The Morgan fingerprint density at radius 3 is 2.79 bits per heavy atom. The molecule has 7 atom stereocenters. The molecule has 3 saturated carbocycles. The van der Waals surface area contributed by atoms with Crippen LogP contribution in [0.1, 0.15) is 52.9 Å².